The van der Waals surface area contributed by atoms with E-state index in [1.54, 1.807) is 0 Å². The Morgan fingerprint density at radius 3 is 2.44 bits per heavy atom. The molecule has 1 aromatic rings. The van der Waals surface area contributed by atoms with E-state index in [0.29, 0.717) is 18.1 Å². The van der Waals surface area contributed by atoms with Crippen molar-refractivity contribution < 1.29 is 10.2 Å². The van der Waals surface area contributed by atoms with Crippen molar-refractivity contribution in [2.45, 2.75) is 38.6 Å². The maximum absolute atomic E-state index is 9.43. The average Bonchev–Trinajstić information content (AvgIpc) is 2.40. The van der Waals surface area contributed by atoms with Gasteiger partial charge in [0, 0.05) is 5.56 Å². The summed E-state index contributed by atoms with van der Waals surface area (Å²) < 4.78 is 0. The molecule has 0 aliphatic rings. The minimum atomic E-state index is -0.775. The van der Waals surface area contributed by atoms with E-state index in [2.05, 4.69) is 15.3 Å². The lowest BCUT2D eigenvalue weighted by Gasteiger charge is -2.31. The molecule has 1 heterocycles. The number of hydrogen-bond donors (Lipinski definition) is 4. The fourth-order valence-corrected chi connectivity index (χ4v) is 1.72. The summed E-state index contributed by atoms with van der Waals surface area (Å²) in [7, 11) is 0. The van der Waals surface area contributed by atoms with Crippen LogP contribution in [0.5, 0.6) is 0 Å². The van der Waals surface area contributed by atoms with Gasteiger partial charge in [0.1, 0.15) is 18.0 Å². The third-order valence-electron chi connectivity index (χ3n) is 3.14. The molecule has 0 atom stereocenters. The Morgan fingerprint density at radius 1 is 1.28 bits per heavy atom. The van der Waals surface area contributed by atoms with E-state index < -0.39 is 5.54 Å². The summed E-state index contributed by atoms with van der Waals surface area (Å²) in [6, 6.07) is 0. The lowest BCUT2D eigenvalue weighted by molar-refractivity contribution is 0.132. The maximum atomic E-state index is 9.43. The lowest BCUT2D eigenvalue weighted by atomic mass is 9.98. The van der Waals surface area contributed by atoms with E-state index in [0.717, 1.165) is 18.4 Å². The molecular formula is C12H22N4O2. The number of aliphatic hydroxyl groups excluding tert-OH is 2. The van der Waals surface area contributed by atoms with Gasteiger partial charge in [-0.1, -0.05) is 20.3 Å². The second-order valence-corrected chi connectivity index (χ2v) is 4.41. The molecule has 5 N–H and O–H groups in total. The third-order valence-corrected chi connectivity index (χ3v) is 3.14. The molecule has 0 aliphatic heterocycles. The normalized spacial score (nSPS) is 11.6. The first-order valence-electron chi connectivity index (χ1n) is 6.21. The predicted octanol–water partition coefficient (Wildman–Crippen LogP) is 0.557. The molecule has 0 fully saturated rings. The van der Waals surface area contributed by atoms with Gasteiger partial charge >= 0.3 is 0 Å². The van der Waals surface area contributed by atoms with Crippen molar-refractivity contribution in [2.24, 2.45) is 0 Å². The zero-order valence-corrected chi connectivity index (χ0v) is 11.0. The Hall–Kier alpha value is -1.40. The summed E-state index contributed by atoms with van der Waals surface area (Å²) in [5.41, 5.74) is 5.89. The second-order valence-electron chi connectivity index (χ2n) is 4.41. The van der Waals surface area contributed by atoms with Gasteiger partial charge in [0.05, 0.1) is 18.8 Å². The van der Waals surface area contributed by atoms with Crippen LogP contribution in [0.2, 0.25) is 0 Å². The van der Waals surface area contributed by atoms with Crippen molar-refractivity contribution in [3.63, 3.8) is 0 Å². The van der Waals surface area contributed by atoms with E-state index in [-0.39, 0.29) is 13.2 Å². The highest BCUT2D eigenvalue weighted by Crippen LogP contribution is 2.23. The Bertz CT molecular complexity index is 372. The topological polar surface area (TPSA) is 104 Å². The summed E-state index contributed by atoms with van der Waals surface area (Å²) in [5.74, 6) is 1.03. The van der Waals surface area contributed by atoms with Gasteiger partial charge in [-0.05, 0) is 12.8 Å². The number of rotatable bonds is 7. The highest BCUT2D eigenvalue weighted by molar-refractivity contribution is 5.56. The Labute approximate surface area is 107 Å². The average molecular weight is 254 g/mol. The second kappa shape index (κ2) is 6.51. The summed E-state index contributed by atoms with van der Waals surface area (Å²) in [6.45, 7) is 3.59. The van der Waals surface area contributed by atoms with E-state index >= 15 is 0 Å². The third kappa shape index (κ3) is 3.08. The Kier molecular flexibility index (Phi) is 5.30. The smallest absolute Gasteiger partial charge is 0.135 e. The molecule has 0 radical (unpaired) electrons. The zero-order valence-electron chi connectivity index (χ0n) is 11.0. The van der Waals surface area contributed by atoms with Crippen molar-refractivity contribution in [2.75, 3.05) is 24.3 Å². The molecular weight excluding hydrogens is 232 g/mol. The van der Waals surface area contributed by atoms with Crippen LogP contribution >= 0.6 is 0 Å². The van der Waals surface area contributed by atoms with Crippen LogP contribution in [0.25, 0.3) is 0 Å². The van der Waals surface area contributed by atoms with Gasteiger partial charge in [0.25, 0.3) is 0 Å². The van der Waals surface area contributed by atoms with E-state index in [1.807, 2.05) is 13.8 Å². The van der Waals surface area contributed by atoms with E-state index in [9.17, 15) is 10.2 Å². The number of aliphatic hydroxyl groups is 2. The van der Waals surface area contributed by atoms with Crippen LogP contribution in [0.15, 0.2) is 6.33 Å². The van der Waals surface area contributed by atoms with E-state index in [1.165, 1.54) is 6.33 Å². The van der Waals surface area contributed by atoms with Gasteiger partial charge in [-0.3, -0.25) is 0 Å². The first kappa shape index (κ1) is 14.7. The van der Waals surface area contributed by atoms with Gasteiger partial charge < -0.3 is 21.3 Å². The van der Waals surface area contributed by atoms with Gasteiger partial charge in [0.15, 0.2) is 0 Å². The monoisotopic (exact) mass is 254 g/mol. The quantitative estimate of drug-likeness (QED) is 0.566. The van der Waals surface area contributed by atoms with Crippen LogP contribution in [-0.4, -0.2) is 38.9 Å². The van der Waals surface area contributed by atoms with E-state index in [4.69, 9.17) is 5.73 Å². The van der Waals surface area contributed by atoms with Crippen LogP contribution in [0, 0.1) is 0 Å². The molecule has 0 amide bonds. The number of aromatic nitrogens is 2. The highest BCUT2D eigenvalue weighted by atomic mass is 16.3. The molecule has 0 aromatic carbocycles. The molecule has 0 unspecified atom stereocenters. The van der Waals surface area contributed by atoms with Crippen molar-refractivity contribution in [1.82, 2.24) is 9.97 Å². The molecule has 6 nitrogen and oxygen atoms in total. The molecule has 0 aliphatic carbocycles. The molecule has 1 rings (SSSR count). The summed E-state index contributed by atoms with van der Waals surface area (Å²) in [6.07, 6.45) is 3.64. The largest absolute Gasteiger partial charge is 0.394 e. The van der Waals surface area contributed by atoms with Crippen LogP contribution in [-0.2, 0) is 6.42 Å². The SMILES string of the molecule is CCCc1c(N)ncnc1NC(CC)(CO)CO. The van der Waals surface area contributed by atoms with Crippen molar-refractivity contribution in [1.29, 1.82) is 0 Å². The van der Waals surface area contributed by atoms with Crippen LogP contribution in [0.4, 0.5) is 11.6 Å². The maximum Gasteiger partial charge on any atom is 0.135 e. The van der Waals surface area contributed by atoms with Gasteiger partial charge in [-0.25, -0.2) is 9.97 Å². The summed E-state index contributed by atoms with van der Waals surface area (Å²) in [4.78, 5) is 8.13. The molecule has 18 heavy (non-hydrogen) atoms. The van der Waals surface area contributed by atoms with Gasteiger partial charge in [0.2, 0.25) is 0 Å². The lowest BCUT2D eigenvalue weighted by Crippen LogP contribution is -2.45. The molecule has 0 spiro atoms. The zero-order chi connectivity index (χ0) is 13.6. The minimum Gasteiger partial charge on any atom is -0.394 e. The van der Waals surface area contributed by atoms with Crippen molar-refractivity contribution in [3.05, 3.63) is 11.9 Å². The number of nitrogens with zero attached hydrogens (tertiary/aromatic N) is 2. The van der Waals surface area contributed by atoms with Gasteiger partial charge in [-0.2, -0.15) is 0 Å². The van der Waals surface area contributed by atoms with Crippen molar-refractivity contribution >= 4 is 11.6 Å². The number of nitrogens with one attached hydrogen (secondary N) is 1. The minimum absolute atomic E-state index is 0.171. The molecule has 6 heteroatoms. The molecule has 102 valence electrons. The number of hydrogen-bond acceptors (Lipinski definition) is 6. The van der Waals surface area contributed by atoms with Crippen LogP contribution in [0.1, 0.15) is 32.3 Å². The highest BCUT2D eigenvalue weighted by Gasteiger charge is 2.28. The number of nitrogens with two attached hydrogens (primary N) is 1. The summed E-state index contributed by atoms with van der Waals surface area (Å²) >= 11 is 0. The van der Waals surface area contributed by atoms with Gasteiger partial charge in [-0.15, -0.1) is 0 Å². The fraction of sp³-hybridized carbons (Fsp3) is 0.667. The number of nitrogen functional groups attached to an aromatic ring is 1. The molecule has 0 bridgehead atoms. The Balaban J connectivity index is 3.05. The fourth-order valence-electron chi connectivity index (χ4n) is 1.72. The van der Waals surface area contributed by atoms with Crippen molar-refractivity contribution in [3.8, 4) is 0 Å². The van der Waals surface area contributed by atoms with Crippen LogP contribution < -0.4 is 11.1 Å². The number of anilines is 2. The summed E-state index contributed by atoms with van der Waals surface area (Å²) in [5, 5.41) is 22.0. The predicted molar refractivity (Wildman–Crippen MR) is 71.3 cm³/mol. The first-order chi connectivity index (χ1) is 8.62. The molecule has 0 saturated carbocycles. The molecule has 0 saturated heterocycles. The Morgan fingerprint density at radius 2 is 1.94 bits per heavy atom. The molecule has 1 aromatic heterocycles. The first-order valence-corrected chi connectivity index (χ1v) is 6.21. The van der Waals surface area contributed by atoms with Crippen LogP contribution in [0.3, 0.4) is 0 Å². The standard InChI is InChI=1S/C12H22N4O2/c1-3-5-9-10(13)14-8-15-11(9)16-12(4-2,6-17)7-18/h8,17-18H,3-7H2,1-2H3,(H3,13,14,15,16).